The SMILES string of the molecule is COc1ccc(CNc2cnnc3cc(-c4cc(Cl)ccc4OC)c(F)cc23)c(OC)c1. The average molecular weight is 454 g/mol. The van der Waals surface area contributed by atoms with Crippen LogP contribution in [0.3, 0.4) is 0 Å². The Morgan fingerprint density at radius 1 is 0.906 bits per heavy atom. The molecule has 0 amide bonds. The molecule has 0 saturated heterocycles. The minimum Gasteiger partial charge on any atom is -0.497 e. The number of halogens is 2. The number of rotatable bonds is 7. The number of ether oxygens (including phenoxy) is 3. The van der Waals surface area contributed by atoms with Crippen LogP contribution >= 0.6 is 11.6 Å². The highest BCUT2D eigenvalue weighted by Gasteiger charge is 2.15. The van der Waals surface area contributed by atoms with Crippen molar-refractivity contribution in [3.05, 3.63) is 71.1 Å². The van der Waals surface area contributed by atoms with E-state index < -0.39 is 5.82 Å². The summed E-state index contributed by atoms with van der Waals surface area (Å²) >= 11 is 6.13. The zero-order chi connectivity index (χ0) is 22.7. The van der Waals surface area contributed by atoms with Crippen LogP contribution in [0.2, 0.25) is 5.02 Å². The summed E-state index contributed by atoms with van der Waals surface area (Å²) in [5, 5.41) is 12.6. The predicted molar refractivity (Wildman–Crippen MR) is 123 cm³/mol. The van der Waals surface area contributed by atoms with Crippen molar-refractivity contribution in [2.24, 2.45) is 0 Å². The summed E-state index contributed by atoms with van der Waals surface area (Å²) in [6.45, 7) is 0.444. The number of aromatic nitrogens is 2. The van der Waals surface area contributed by atoms with E-state index in [1.807, 2.05) is 18.2 Å². The largest absolute Gasteiger partial charge is 0.497 e. The summed E-state index contributed by atoms with van der Waals surface area (Å²) in [6, 6.07) is 13.7. The second-order valence-corrected chi connectivity index (χ2v) is 7.42. The van der Waals surface area contributed by atoms with E-state index in [-0.39, 0.29) is 0 Å². The van der Waals surface area contributed by atoms with Gasteiger partial charge in [-0.15, -0.1) is 0 Å². The number of nitrogens with zero attached hydrogens (tertiary/aromatic N) is 2. The maximum absolute atomic E-state index is 15.2. The monoisotopic (exact) mass is 453 g/mol. The van der Waals surface area contributed by atoms with Crippen molar-refractivity contribution >= 4 is 28.2 Å². The van der Waals surface area contributed by atoms with Gasteiger partial charge in [0.1, 0.15) is 23.1 Å². The number of hydrogen-bond donors (Lipinski definition) is 1. The fraction of sp³-hybridized carbons (Fsp3) is 0.167. The van der Waals surface area contributed by atoms with Gasteiger partial charge in [-0.25, -0.2) is 4.39 Å². The van der Waals surface area contributed by atoms with E-state index in [9.17, 15) is 0 Å². The molecule has 4 aromatic rings. The lowest BCUT2D eigenvalue weighted by Crippen LogP contribution is -2.04. The first kappa shape index (κ1) is 21.6. The lowest BCUT2D eigenvalue weighted by molar-refractivity contribution is 0.391. The maximum atomic E-state index is 15.2. The van der Waals surface area contributed by atoms with E-state index in [0.29, 0.717) is 56.5 Å². The standard InChI is InChI=1S/C24H21ClFN3O3/c1-30-16-6-4-14(24(9-16)32-3)12-27-22-13-28-29-21-11-17(20(26)10-19(21)22)18-8-15(25)5-7-23(18)31-2/h4-11,13H,12H2,1-3H3,(H,27,29). The molecular formula is C24H21ClFN3O3. The molecule has 3 aromatic carbocycles. The van der Waals surface area contributed by atoms with Crippen molar-refractivity contribution in [3.8, 4) is 28.4 Å². The van der Waals surface area contributed by atoms with Crippen molar-refractivity contribution < 1.29 is 18.6 Å². The van der Waals surface area contributed by atoms with E-state index in [4.69, 9.17) is 25.8 Å². The maximum Gasteiger partial charge on any atom is 0.131 e. The fourth-order valence-electron chi connectivity index (χ4n) is 3.50. The summed E-state index contributed by atoms with van der Waals surface area (Å²) < 4.78 is 31.3. The molecule has 0 aliphatic carbocycles. The predicted octanol–water partition coefficient (Wildman–Crippen LogP) is 5.73. The lowest BCUT2D eigenvalue weighted by atomic mass is 10.0. The summed E-state index contributed by atoms with van der Waals surface area (Å²) in [5.41, 5.74) is 2.98. The average Bonchev–Trinajstić information content (AvgIpc) is 2.82. The molecule has 8 heteroatoms. The molecule has 164 valence electrons. The van der Waals surface area contributed by atoms with Gasteiger partial charge in [-0.3, -0.25) is 0 Å². The highest BCUT2D eigenvalue weighted by atomic mass is 35.5. The van der Waals surface area contributed by atoms with Gasteiger partial charge in [-0.1, -0.05) is 11.6 Å². The Balaban J connectivity index is 1.70. The molecule has 1 aromatic heterocycles. The normalized spacial score (nSPS) is 10.8. The van der Waals surface area contributed by atoms with Crippen molar-refractivity contribution in [1.29, 1.82) is 0 Å². The van der Waals surface area contributed by atoms with Crippen molar-refractivity contribution in [3.63, 3.8) is 0 Å². The Bertz CT molecular complexity index is 1280. The van der Waals surface area contributed by atoms with E-state index in [1.165, 1.54) is 13.2 Å². The molecule has 0 saturated carbocycles. The summed E-state index contributed by atoms with van der Waals surface area (Å²) in [4.78, 5) is 0. The van der Waals surface area contributed by atoms with Crippen LogP contribution in [0.5, 0.6) is 17.2 Å². The first-order valence-corrected chi connectivity index (χ1v) is 10.2. The lowest BCUT2D eigenvalue weighted by Gasteiger charge is -2.14. The van der Waals surface area contributed by atoms with Gasteiger partial charge in [0.25, 0.3) is 0 Å². The third-order valence-electron chi connectivity index (χ3n) is 5.14. The molecule has 0 unspecified atom stereocenters. The second-order valence-electron chi connectivity index (χ2n) is 6.98. The van der Waals surface area contributed by atoms with Crippen LogP contribution in [0.1, 0.15) is 5.56 Å². The fourth-order valence-corrected chi connectivity index (χ4v) is 3.68. The van der Waals surface area contributed by atoms with Crippen LogP contribution in [0.25, 0.3) is 22.0 Å². The van der Waals surface area contributed by atoms with Gasteiger partial charge in [0, 0.05) is 39.7 Å². The minimum absolute atomic E-state index is 0.333. The summed E-state index contributed by atoms with van der Waals surface area (Å²) in [6.07, 6.45) is 1.57. The van der Waals surface area contributed by atoms with E-state index in [2.05, 4.69) is 15.5 Å². The molecular weight excluding hydrogens is 433 g/mol. The number of benzene rings is 3. The molecule has 0 spiro atoms. The molecule has 0 atom stereocenters. The molecule has 0 fully saturated rings. The minimum atomic E-state index is -0.420. The van der Waals surface area contributed by atoms with Crippen LogP contribution in [0.15, 0.2) is 54.7 Å². The number of fused-ring (bicyclic) bond motifs is 1. The Labute approximate surface area is 189 Å². The Hall–Kier alpha value is -3.58. The van der Waals surface area contributed by atoms with E-state index in [0.717, 1.165) is 5.56 Å². The van der Waals surface area contributed by atoms with E-state index in [1.54, 1.807) is 44.7 Å². The number of nitrogens with one attached hydrogen (secondary N) is 1. The molecule has 1 heterocycles. The van der Waals surface area contributed by atoms with Crippen molar-refractivity contribution in [2.45, 2.75) is 6.54 Å². The quantitative estimate of drug-likeness (QED) is 0.385. The first-order valence-electron chi connectivity index (χ1n) is 9.77. The van der Waals surface area contributed by atoms with Crippen LogP contribution in [-0.2, 0) is 6.54 Å². The van der Waals surface area contributed by atoms with Gasteiger partial charge >= 0.3 is 0 Å². The van der Waals surface area contributed by atoms with Crippen molar-refractivity contribution in [2.75, 3.05) is 26.6 Å². The highest BCUT2D eigenvalue weighted by molar-refractivity contribution is 6.31. The van der Waals surface area contributed by atoms with Gasteiger partial charge in [-0.05, 0) is 42.5 Å². The van der Waals surface area contributed by atoms with Gasteiger partial charge in [0.2, 0.25) is 0 Å². The van der Waals surface area contributed by atoms with Gasteiger partial charge < -0.3 is 19.5 Å². The number of anilines is 1. The van der Waals surface area contributed by atoms with Gasteiger partial charge in [-0.2, -0.15) is 10.2 Å². The third kappa shape index (κ3) is 4.24. The molecule has 1 N–H and O–H groups in total. The molecule has 32 heavy (non-hydrogen) atoms. The van der Waals surface area contributed by atoms with Crippen LogP contribution in [0.4, 0.5) is 10.1 Å². The molecule has 0 radical (unpaired) electrons. The first-order chi connectivity index (χ1) is 15.5. The third-order valence-corrected chi connectivity index (χ3v) is 5.38. The molecule has 0 aliphatic heterocycles. The molecule has 6 nitrogen and oxygen atoms in total. The molecule has 0 aliphatic rings. The van der Waals surface area contributed by atoms with Crippen LogP contribution < -0.4 is 19.5 Å². The zero-order valence-corrected chi connectivity index (χ0v) is 18.5. The Morgan fingerprint density at radius 2 is 1.72 bits per heavy atom. The van der Waals surface area contributed by atoms with Crippen LogP contribution in [-0.4, -0.2) is 31.5 Å². The zero-order valence-electron chi connectivity index (χ0n) is 17.8. The number of hydrogen-bond acceptors (Lipinski definition) is 6. The van der Waals surface area contributed by atoms with Gasteiger partial charge in [0.05, 0.1) is 38.7 Å². The van der Waals surface area contributed by atoms with Gasteiger partial charge in [0.15, 0.2) is 0 Å². The smallest absolute Gasteiger partial charge is 0.131 e. The number of methoxy groups -OCH3 is 3. The van der Waals surface area contributed by atoms with Crippen molar-refractivity contribution in [1.82, 2.24) is 10.2 Å². The Kier molecular flexibility index (Phi) is 6.28. The molecule has 0 bridgehead atoms. The Morgan fingerprint density at radius 3 is 2.47 bits per heavy atom. The van der Waals surface area contributed by atoms with Crippen LogP contribution in [0, 0.1) is 5.82 Å². The summed E-state index contributed by atoms with van der Waals surface area (Å²) in [5.74, 6) is 1.48. The molecule has 4 rings (SSSR count). The summed E-state index contributed by atoms with van der Waals surface area (Å²) in [7, 11) is 4.73. The highest BCUT2D eigenvalue weighted by Crippen LogP contribution is 2.37. The second kappa shape index (κ2) is 9.28. The van der Waals surface area contributed by atoms with E-state index >= 15 is 4.39 Å². The topological polar surface area (TPSA) is 65.5 Å².